The quantitative estimate of drug-likeness (QED) is 0.687. The molecule has 0 saturated heterocycles. The molecule has 6 heteroatoms. The molecule has 0 spiro atoms. The molecule has 0 bridgehead atoms. The SMILES string of the molecule is CC1=NN=C(C)C1N=Nc1nccs1. The van der Waals surface area contributed by atoms with E-state index in [-0.39, 0.29) is 6.04 Å². The lowest BCUT2D eigenvalue weighted by molar-refractivity contribution is 1.00. The first-order valence-electron chi connectivity index (χ1n) is 4.16. The first-order chi connectivity index (χ1) is 6.77. The number of hydrogen-bond donors (Lipinski definition) is 0. The van der Waals surface area contributed by atoms with Crippen molar-refractivity contribution in [1.82, 2.24) is 4.98 Å². The fourth-order valence-corrected chi connectivity index (χ4v) is 1.57. The molecule has 0 unspecified atom stereocenters. The van der Waals surface area contributed by atoms with Crippen LogP contribution in [0.15, 0.2) is 32.0 Å². The number of azo groups is 1. The zero-order chi connectivity index (χ0) is 9.97. The van der Waals surface area contributed by atoms with Gasteiger partial charge in [0.25, 0.3) is 0 Å². The first-order valence-corrected chi connectivity index (χ1v) is 5.04. The van der Waals surface area contributed by atoms with Crippen LogP contribution >= 0.6 is 11.3 Å². The average molecular weight is 207 g/mol. The highest BCUT2D eigenvalue weighted by Gasteiger charge is 2.19. The first kappa shape index (κ1) is 9.14. The maximum absolute atomic E-state index is 4.14. The van der Waals surface area contributed by atoms with E-state index in [4.69, 9.17) is 0 Å². The highest BCUT2D eigenvalue weighted by molar-refractivity contribution is 7.13. The smallest absolute Gasteiger partial charge is 0.226 e. The second-order valence-corrected chi connectivity index (χ2v) is 3.79. The lowest BCUT2D eigenvalue weighted by Crippen LogP contribution is -2.18. The zero-order valence-corrected chi connectivity index (χ0v) is 8.69. The summed E-state index contributed by atoms with van der Waals surface area (Å²) in [7, 11) is 0. The number of thiazole rings is 1. The molecule has 0 aromatic carbocycles. The van der Waals surface area contributed by atoms with E-state index in [1.807, 2.05) is 19.2 Å². The van der Waals surface area contributed by atoms with Gasteiger partial charge in [-0.2, -0.15) is 15.3 Å². The van der Waals surface area contributed by atoms with Crippen molar-refractivity contribution in [3.05, 3.63) is 11.6 Å². The summed E-state index contributed by atoms with van der Waals surface area (Å²) in [4.78, 5) is 4.01. The average Bonchev–Trinajstić information content (AvgIpc) is 2.76. The van der Waals surface area contributed by atoms with E-state index in [9.17, 15) is 0 Å². The predicted molar refractivity (Wildman–Crippen MR) is 56.6 cm³/mol. The normalized spacial score (nSPS) is 17.6. The largest absolute Gasteiger partial charge is 0.229 e. The van der Waals surface area contributed by atoms with E-state index in [0.717, 1.165) is 11.4 Å². The van der Waals surface area contributed by atoms with Gasteiger partial charge in [-0.25, -0.2) is 4.98 Å². The van der Waals surface area contributed by atoms with Gasteiger partial charge in [0.05, 0.1) is 11.4 Å². The van der Waals surface area contributed by atoms with E-state index in [1.54, 1.807) is 6.20 Å². The molecule has 0 radical (unpaired) electrons. The molecule has 2 rings (SSSR count). The van der Waals surface area contributed by atoms with E-state index < -0.39 is 0 Å². The Hall–Kier alpha value is -1.43. The number of hydrogen-bond acceptors (Lipinski definition) is 6. The Morgan fingerprint density at radius 2 is 2.00 bits per heavy atom. The molecule has 5 nitrogen and oxygen atoms in total. The van der Waals surface area contributed by atoms with Crippen LogP contribution in [0.1, 0.15) is 13.8 Å². The topological polar surface area (TPSA) is 62.3 Å². The third-order valence-corrected chi connectivity index (χ3v) is 2.49. The standard InChI is InChI=1S/C8H9N5S/c1-5-7(6(2)11-10-5)12-13-8-9-3-4-14-8/h3-4,7H,1-2H3. The molecule has 0 amide bonds. The minimum absolute atomic E-state index is 0.0982. The highest BCUT2D eigenvalue weighted by Crippen LogP contribution is 2.17. The van der Waals surface area contributed by atoms with Crippen molar-refractivity contribution >= 4 is 27.9 Å². The van der Waals surface area contributed by atoms with Gasteiger partial charge in [0.15, 0.2) is 6.04 Å². The van der Waals surface area contributed by atoms with Crippen molar-refractivity contribution in [2.24, 2.45) is 20.4 Å². The van der Waals surface area contributed by atoms with Gasteiger partial charge in [0.2, 0.25) is 5.13 Å². The summed E-state index contributed by atoms with van der Waals surface area (Å²) in [6, 6.07) is -0.0982. The second kappa shape index (κ2) is 3.75. The second-order valence-electron chi connectivity index (χ2n) is 2.92. The summed E-state index contributed by atoms with van der Waals surface area (Å²) in [6.07, 6.45) is 1.70. The van der Waals surface area contributed by atoms with Gasteiger partial charge >= 0.3 is 0 Å². The molecule has 14 heavy (non-hydrogen) atoms. The summed E-state index contributed by atoms with van der Waals surface area (Å²) < 4.78 is 0. The Bertz CT molecular complexity index is 385. The third kappa shape index (κ3) is 1.74. The molecule has 1 aliphatic rings. The van der Waals surface area contributed by atoms with Crippen molar-refractivity contribution in [2.45, 2.75) is 19.9 Å². The van der Waals surface area contributed by atoms with Crippen molar-refractivity contribution in [3.63, 3.8) is 0 Å². The Kier molecular flexibility index (Phi) is 2.45. The Labute approximate surface area is 85.3 Å². The highest BCUT2D eigenvalue weighted by atomic mass is 32.1. The van der Waals surface area contributed by atoms with Gasteiger partial charge in [-0.05, 0) is 13.8 Å². The minimum atomic E-state index is -0.0982. The monoisotopic (exact) mass is 207 g/mol. The van der Waals surface area contributed by atoms with Crippen LogP contribution in [0.3, 0.4) is 0 Å². The van der Waals surface area contributed by atoms with Gasteiger partial charge < -0.3 is 0 Å². The molecule has 0 atom stereocenters. The molecule has 0 aliphatic carbocycles. The van der Waals surface area contributed by atoms with Gasteiger partial charge in [0, 0.05) is 11.6 Å². The molecule has 1 aromatic heterocycles. The molecular weight excluding hydrogens is 198 g/mol. The molecule has 0 saturated carbocycles. The molecule has 1 aliphatic heterocycles. The van der Waals surface area contributed by atoms with Crippen LogP contribution in [0, 0.1) is 0 Å². The van der Waals surface area contributed by atoms with Crippen LogP contribution in [-0.4, -0.2) is 22.4 Å². The van der Waals surface area contributed by atoms with Crippen LogP contribution < -0.4 is 0 Å². The summed E-state index contributed by atoms with van der Waals surface area (Å²) >= 11 is 1.46. The van der Waals surface area contributed by atoms with Crippen molar-refractivity contribution in [3.8, 4) is 0 Å². The van der Waals surface area contributed by atoms with Crippen LogP contribution in [-0.2, 0) is 0 Å². The molecular formula is C8H9N5S. The third-order valence-electron chi connectivity index (χ3n) is 1.83. The summed E-state index contributed by atoms with van der Waals surface area (Å²) in [6.45, 7) is 3.79. The maximum Gasteiger partial charge on any atom is 0.229 e. The summed E-state index contributed by atoms with van der Waals surface area (Å²) in [5.41, 5.74) is 1.76. The van der Waals surface area contributed by atoms with Crippen LogP contribution in [0.4, 0.5) is 5.13 Å². The molecule has 0 N–H and O–H groups in total. The van der Waals surface area contributed by atoms with Gasteiger partial charge in [0.1, 0.15) is 0 Å². The predicted octanol–water partition coefficient (Wildman–Crippen LogP) is 2.45. The number of rotatable bonds is 2. The van der Waals surface area contributed by atoms with Gasteiger partial charge in [-0.3, -0.25) is 0 Å². The molecule has 2 heterocycles. The van der Waals surface area contributed by atoms with Gasteiger partial charge in [-0.1, -0.05) is 0 Å². The number of nitrogens with zero attached hydrogens (tertiary/aromatic N) is 5. The molecule has 72 valence electrons. The summed E-state index contributed by atoms with van der Waals surface area (Å²) in [5.74, 6) is 0. The van der Waals surface area contributed by atoms with E-state index >= 15 is 0 Å². The zero-order valence-electron chi connectivity index (χ0n) is 7.88. The van der Waals surface area contributed by atoms with Crippen LogP contribution in [0.2, 0.25) is 0 Å². The molecule has 1 aromatic rings. The Morgan fingerprint density at radius 3 is 2.57 bits per heavy atom. The summed E-state index contributed by atoms with van der Waals surface area (Å²) in [5, 5.41) is 18.6. The van der Waals surface area contributed by atoms with E-state index in [1.165, 1.54) is 11.3 Å². The molecule has 0 fully saturated rings. The lowest BCUT2D eigenvalue weighted by atomic mass is 10.1. The van der Waals surface area contributed by atoms with E-state index in [2.05, 4.69) is 25.4 Å². The fraction of sp³-hybridized carbons (Fsp3) is 0.375. The lowest BCUT2D eigenvalue weighted by Gasteiger charge is -2.00. The Balaban J connectivity index is 2.12. The van der Waals surface area contributed by atoms with E-state index in [0.29, 0.717) is 5.13 Å². The number of aromatic nitrogens is 1. The van der Waals surface area contributed by atoms with Crippen molar-refractivity contribution < 1.29 is 0 Å². The van der Waals surface area contributed by atoms with Crippen LogP contribution in [0.5, 0.6) is 0 Å². The van der Waals surface area contributed by atoms with Crippen LogP contribution in [0.25, 0.3) is 0 Å². The fourth-order valence-electron chi connectivity index (χ4n) is 1.11. The minimum Gasteiger partial charge on any atom is -0.226 e. The Morgan fingerprint density at radius 1 is 1.29 bits per heavy atom. The van der Waals surface area contributed by atoms with Crippen molar-refractivity contribution in [1.29, 1.82) is 0 Å². The maximum atomic E-state index is 4.14. The van der Waals surface area contributed by atoms with Crippen molar-refractivity contribution in [2.75, 3.05) is 0 Å². The van der Waals surface area contributed by atoms with Gasteiger partial charge in [-0.15, -0.1) is 16.5 Å².